The molecule has 0 radical (unpaired) electrons. The molecule has 0 aromatic carbocycles. The maximum Gasteiger partial charge on any atom is 0.132 e. The molecule has 1 aliphatic carbocycles. The minimum absolute atomic E-state index is 0.347. The summed E-state index contributed by atoms with van der Waals surface area (Å²) in [6.07, 6.45) is 2.60. The molecule has 1 heterocycles. The first kappa shape index (κ1) is 13.1. The molecule has 1 aromatic heterocycles. The Morgan fingerprint density at radius 2 is 2.33 bits per heavy atom. The van der Waals surface area contributed by atoms with Crippen LogP contribution in [-0.2, 0) is 0 Å². The normalized spacial score (nSPS) is 16.4. The fourth-order valence-corrected chi connectivity index (χ4v) is 2.10. The molecule has 1 aromatic rings. The summed E-state index contributed by atoms with van der Waals surface area (Å²) in [7, 11) is 2.15. The second kappa shape index (κ2) is 5.55. The van der Waals surface area contributed by atoms with Crippen molar-refractivity contribution in [2.75, 3.05) is 18.9 Å². The molecule has 0 bridgehead atoms. The number of anilines is 1. The monoisotopic (exact) mass is 264 g/mol. The van der Waals surface area contributed by atoms with Crippen molar-refractivity contribution in [3.8, 4) is 6.07 Å². The van der Waals surface area contributed by atoms with Gasteiger partial charge in [0.1, 0.15) is 11.0 Å². The van der Waals surface area contributed by atoms with E-state index in [-0.39, 0.29) is 0 Å². The number of nitrogens with zero attached hydrogens (tertiary/aromatic N) is 3. The lowest BCUT2D eigenvalue weighted by molar-refractivity contribution is 0.257. The van der Waals surface area contributed by atoms with Gasteiger partial charge in [0.05, 0.1) is 11.6 Å². The average Bonchev–Trinajstić information content (AvgIpc) is 3.18. The van der Waals surface area contributed by atoms with Crippen LogP contribution >= 0.6 is 11.6 Å². The molecule has 1 unspecified atom stereocenters. The summed E-state index contributed by atoms with van der Waals surface area (Å²) in [5.41, 5.74) is 0.528. The molecule has 1 atom stereocenters. The topological polar surface area (TPSA) is 52.0 Å². The summed E-state index contributed by atoms with van der Waals surface area (Å²) < 4.78 is 0. The van der Waals surface area contributed by atoms with Crippen LogP contribution in [-0.4, -0.2) is 35.6 Å². The molecule has 0 spiro atoms. The van der Waals surface area contributed by atoms with Gasteiger partial charge in [0.25, 0.3) is 0 Å². The molecule has 4 nitrogen and oxygen atoms in total. The molecular formula is C13H17ClN4. The summed E-state index contributed by atoms with van der Waals surface area (Å²) in [4.78, 5) is 6.54. The van der Waals surface area contributed by atoms with E-state index in [9.17, 15) is 0 Å². The average molecular weight is 265 g/mol. The highest BCUT2D eigenvalue weighted by atomic mass is 35.5. The third-order valence-electron chi connectivity index (χ3n) is 3.32. The van der Waals surface area contributed by atoms with E-state index in [1.165, 1.54) is 12.8 Å². The van der Waals surface area contributed by atoms with E-state index in [0.29, 0.717) is 22.6 Å². The number of hydrogen-bond acceptors (Lipinski definition) is 4. The van der Waals surface area contributed by atoms with Gasteiger partial charge in [-0.25, -0.2) is 4.98 Å². The summed E-state index contributed by atoms with van der Waals surface area (Å²) in [6, 6.07) is 6.53. The Hall–Kier alpha value is -1.31. The lowest BCUT2D eigenvalue weighted by Crippen LogP contribution is -2.36. The molecule has 1 N–H and O–H groups in total. The summed E-state index contributed by atoms with van der Waals surface area (Å²) in [5, 5.41) is 12.4. The molecule has 0 aliphatic heterocycles. The lowest BCUT2D eigenvalue weighted by atomic mass is 10.2. The highest BCUT2D eigenvalue weighted by Gasteiger charge is 2.28. The Morgan fingerprint density at radius 3 is 2.94 bits per heavy atom. The van der Waals surface area contributed by atoms with E-state index in [1.54, 1.807) is 12.1 Å². The predicted molar refractivity (Wildman–Crippen MR) is 72.7 cm³/mol. The van der Waals surface area contributed by atoms with Crippen LogP contribution in [0.1, 0.15) is 25.3 Å². The van der Waals surface area contributed by atoms with Gasteiger partial charge in [0.15, 0.2) is 0 Å². The molecule has 1 saturated carbocycles. The first-order valence-corrected chi connectivity index (χ1v) is 6.51. The van der Waals surface area contributed by atoms with Gasteiger partial charge in [-0.2, -0.15) is 5.26 Å². The van der Waals surface area contributed by atoms with Crippen molar-refractivity contribution in [2.24, 2.45) is 0 Å². The smallest absolute Gasteiger partial charge is 0.132 e. The van der Waals surface area contributed by atoms with Crippen LogP contribution in [0.5, 0.6) is 0 Å². The predicted octanol–water partition coefficient (Wildman–Crippen LogP) is 2.50. The first-order valence-electron chi connectivity index (χ1n) is 6.13. The minimum Gasteiger partial charge on any atom is -0.368 e. The van der Waals surface area contributed by atoms with E-state index in [2.05, 4.69) is 35.2 Å². The molecule has 0 amide bonds. The molecule has 2 rings (SSSR count). The number of pyridine rings is 1. The second-order valence-corrected chi connectivity index (χ2v) is 5.19. The van der Waals surface area contributed by atoms with Gasteiger partial charge in [-0.3, -0.25) is 4.90 Å². The SMILES string of the molecule is CC(CNc1cc(C#N)cc(Cl)n1)N(C)C1CC1. The van der Waals surface area contributed by atoms with Gasteiger partial charge < -0.3 is 5.32 Å². The van der Waals surface area contributed by atoms with Crippen LogP contribution in [0, 0.1) is 11.3 Å². The first-order chi connectivity index (χ1) is 8.60. The molecule has 5 heteroatoms. The molecule has 1 fully saturated rings. The quantitative estimate of drug-likeness (QED) is 0.831. The van der Waals surface area contributed by atoms with Crippen molar-refractivity contribution in [1.82, 2.24) is 9.88 Å². The highest BCUT2D eigenvalue weighted by Crippen LogP contribution is 2.27. The number of nitriles is 1. The third-order valence-corrected chi connectivity index (χ3v) is 3.51. The maximum absolute atomic E-state index is 8.86. The van der Waals surface area contributed by atoms with Gasteiger partial charge in [-0.05, 0) is 38.9 Å². The maximum atomic E-state index is 8.86. The number of hydrogen-bond donors (Lipinski definition) is 1. The van der Waals surface area contributed by atoms with Crippen molar-refractivity contribution in [1.29, 1.82) is 5.26 Å². The van der Waals surface area contributed by atoms with Crippen LogP contribution in [0.15, 0.2) is 12.1 Å². The van der Waals surface area contributed by atoms with Crippen molar-refractivity contribution in [3.05, 3.63) is 22.8 Å². The van der Waals surface area contributed by atoms with E-state index in [4.69, 9.17) is 16.9 Å². The Bertz CT molecular complexity index is 465. The fourth-order valence-electron chi connectivity index (χ4n) is 1.89. The van der Waals surface area contributed by atoms with Crippen LogP contribution in [0.25, 0.3) is 0 Å². The molecule has 0 saturated heterocycles. The van der Waals surface area contributed by atoms with E-state index in [0.717, 1.165) is 12.6 Å². The Labute approximate surface area is 113 Å². The van der Waals surface area contributed by atoms with Gasteiger partial charge in [-0.1, -0.05) is 11.6 Å². The summed E-state index contributed by atoms with van der Waals surface area (Å²) in [6.45, 7) is 2.98. The van der Waals surface area contributed by atoms with Crippen molar-refractivity contribution >= 4 is 17.4 Å². The Balaban J connectivity index is 1.93. The van der Waals surface area contributed by atoms with E-state index < -0.39 is 0 Å². The van der Waals surface area contributed by atoms with Crippen LogP contribution in [0.4, 0.5) is 5.82 Å². The van der Waals surface area contributed by atoms with Gasteiger partial charge in [0.2, 0.25) is 0 Å². The zero-order valence-electron chi connectivity index (χ0n) is 10.7. The van der Waals surface area contributed by atoms with Gasteiger partial charge in [0, 0.05) is 18.6 Å². The third kappa shape index (κ3) is 3.34. The largest absolute Gasteiger partial charge is 0.368 e. The van der Waals surface area contributed by atoms with E-state index in [1.807, 2.05) is 0 Å². The zero-order chi connectivity index (χ0) is 13.1. The fraction of sp³-hybridized carbons (Fsp3) is 0.538. The zero-order valence-corrected chi connectivity index (χ0v) is 11.4. The van der Waals surface area contributed by atoms with Crippen LogP contribution < -0.4 is 5.32 Å². The van der Waals surface area contributed by atoms with Gasteiger partial charge >= 0.3 is 0 Å². The number of likely N-dealkylation sites (N-methyl/N-ethyl adjacent to an activating group) is 1. The number of rotatable bonds is 5. The van der Waals surface area contributed by atoms with Crippen molar-refractivity contribution in [3.63, 3.8) is 0 Å². The van der Waals surface area contributed by atoms with Crippen LogP contribution in [0.2, 0.25) is 5.15 Å². The number of aromatic nitrogens is 1. The highest BCUT2D eigenvalue weighted by molar-refractivity contribution is 6.29. The van der Waals surface area contributed by atoms with Gasteiger partial charge in [-0.15, -0.1) is 0 Å². The number of nitrogens with one attached hydrogen (secondary N) is 1. The minimum atomic E-state index is 0.347. The van der Waals surface area contributed by atoms with Crippen molar-refractivity contribution < 1.29 is 0 Å². The molecule has 18 heavy (non-hydrogen) atoms. The van der Waals surface area contributed by atoms with Crippen LogP contribution in [0.3, 0.4) is 0 Å². The Morgan fingerprint density at radius 1 is 1.61 bits per heavy atom. The standard InChI is InChI=1S/C13H17ClN4/c1-9(18(2)11-3-4-11)8-16-13-6-10(7-15)5-12(14)17-13/h5-6,9,11H,3-4,8H2,1-2H3,(H,16,17). The summed E-state index contributed by atoms with van der Waals surface area (Å²) >= 11 is 5.85. The lowest BCUT2D eigenvalue weighted by Gasteiger charge is -2.24. The molecular weight excluding hydrogens is 248 g/mol. The van der Waals surface area contributed by atoms with E-state index >= 15 is 0 Å². The second-order valence-electron chi connectivity index (χ2n) is 4.80. The summed E-state index contributed by atoms with van der Waals surface area (Å²) in [5.74, 6) is 0.662. The Kier molecular flexibility index (Phi) is 4.05. The molecule has 96 valence electrons. The molecule has 1 aliphatic rings. The van der Waals surface area contributed by atoms with Crippen molar-refractivity contribution in [2.45, 2.75) is 31.8 Å². The number of halogens is 1.